The first-order chi connectivity index (χ1) is 11.6. The second-order valence-electron chi connectivity index (χ2n) is 5.07. The molecule has 0 unspecified atom stereocenters. The summed E-state index contributed by atoms with van der Waals surface area (Å²) in [5.74, 6) is 1.25. The molecule has 1 aromatic carbocycles. The summed E-state index contributed by atoms with van der Waals surface area (Å²) in [4.78, 5) is 12.3. The number of hydrogen-bond acceptors (Lipinski definition) is 6. The fourth-order valence-corrected chi connectivity index (χ4v) is 3.00. The highest BCUT2D eigenvalue weighted by molar-refractivity contribution is 8.00. The maximum Gasteiger partial charge on any atom is 0.233 e. The molecule has 2 aromatic rings. The van der Waals surface area contributed by atoms with E-state index in [2.05, 4.69) is 15.5 Å². The topological polar surface area (TPSA) is 78.3 Å². The Kier molecular flexibility index (Phi) is 6.48. The third-order valence-corrected chi connectivity index (χ3v) is 4.58. The van der Waals surface area contributed by atoms with Crippen molar-refractivity contribution in [3.8, 4) is 11.5 Å². The van der Waals surface area contributed by atoms with Crippen LogP contribution in [0.15, 0.2) is 29.7 Å². The number of nitrogens with one attached hydrogen (secondary N) is 1. The summed E-state index contributed by atoms with van der Waals surface area (Å²) in [6.07, 6.45) is 1.66. The molecular weight excluding hydrogens is 328 g/mol. The molecule has 1 heterocycles. The molecule has 2 rings (SSSR count). The third kappa shape index (κ3) is 4.41. The van der Waals surface area contributed by atoms with Crippen molar-refractivity contribution in [2.75, 3.05) is 14.2 Å². The average Bonchev–Trinajstić information content (AvgIpc) is 3.06. The lowest BCUT2D eigenvalue weighted by Gasteiger charge is -2.13. The zero-order valence-electron chi connectivity index (χ0n) is 14.3. The lowest BCUT2D eigenvalue weighted by Crippen LogP contribution is -2.30. The van der Waals surface area contributed by atoms with Crippen molar-refractivity contribution in [1.82, 2.24) is 20.1 Å². The third-order valence-electron chi connectivity index (χ3n) is 3.49. The molecule has 1 N–H and O–H groups in total. The van der Waals surface area contributed by atoms with Gasteiger partial charge in [0.25, 0.3) is 0 Å². The van der Waals surface area contributed by atoms with E-state index in [1.54, 1.807) is 20.5 Å². The highest BCUT2D eigenvalue weighted by Crippen LogP contribution is 2.27. The first kappa shape index (κ1) is 18.1. The molecule has 130 valence electrons. The molecule has 1 amide bonds. The van der Waals surface area contributed by atoms with Crippen LogP contribution in [0, 0.1) is 0 Å². The van der Waals surface area contributed by atoms with Crippen LogP contribution in [0.1, 0.15) is 19.4 Å². The Bertz CT molecular complexity index is 690. The van der Waals surface area contributed by atoms with Gasteiger partial charge in [-0.25, -0.2) is 0 Å². The Morgan fingerprint density at radius 2 is 2.08 bits per heavy atom. The fourth-order valence-electron chi connectivity index (χ4n) is 2.09. The van der Waals surface area contributed by atoms with Crippen molar-refractivity contribution < 1.29 is 14.3 Å². The normalized spacial score (nSPS) is 11.8. The summed E-state index contributed by atoms with van der Waals surface area (Å²) in [6, 6.07) is 5.57. The number of thioether (sulfide) groups is 1. The smallest absolute Gasteiger partial charge is 0.233 e. The van der Waals surface area contributed by atoms with Crippen LogP contribution in [-0.2, 0) is 17.9 Å². The van der Waals surface area contributed by atoms with Gasteiger partial charge in [-0.2, -0.15) is 0 Å². The largest absolute Gasteiger partial charge is 0.493 e. The number of carbonyl (C=O) groups excluding carboxylic acids is 1. The van der Waals surface area contributed by atoms with Crippen LogP contribution in [0.4, 0.5) is 0 Å². The number of ether oxygens (including phenoxy) is 2. The summed E-state index contributed by atoms with van der Waals surface area (Å²) < 4.78 is 12.4. The Balaban J connectivity index is 1.92. The molecule has 1 aromatic heterocycles. The van der Waals surface area contributed by atoms with Crippen LogP contribution < -0.4 is 14.8 Å². The summed E-state index contributed by atoms with van der Waals surface area (Å²) in [6.45, 7) is 5.05. The quantitative estimate of drug-likeness (QED) is 0.735. The van der Waals surface area contributed by atoms with Gasteiger partial charge in [0.2, 0.25) is 5.91 Å². The Morgan fingerprint density at radius 1 is 1.33 bits per heavy atom. The number of amides is 1. The molecule has 8 heteroatoms. The first-order valence-electron chi connectivity index (χ1n) is 7.62. The molecule has 1 atom stereocenters. The second-order valence-corrected chi connectivity index (χ2v) is 6.37. The number of rotatable bonds is 8. The van der Waals surface area contributed by atoms with Gasteiger partial charge in [0.1, 0.15) is 6.33 Å². The van der Waals surface area contributed by atoms with E-state index in [4.69, 9.17) is 9.47 Å². The predicted molar refractivity (Wildman–Crippen MR) is 92.4 cm³/mol. The van der Waals surface area contributed by atoms with Crippen molar-refractivity contribution in [2.24, 2.45) is 0 Å². The van der Waals surface area contributed by atoms with Crippen molar-refractivity contribution in [3.05, 3.63) is 30.1 Å². The van der Waals surface area contributed by atoms with E-state index in [1.807, 2.05) is 36.6 Å². The minimum absolute atomic E-state index is 0.0552. The standard InChI is InChI=1S/C16H22N4O3S/c1-5-20-10-18-19-16(20)24-11(2)15(21)17-9-12-6-7-13(22-3)14(8-12)23-4/h6-8,10-11H,5,9H2,1-4H3,(H,17,21)/t11-/m0/s1. The number of benzene rings is 1. The highest BCUT2D eigenvalue weighted by Gasteiger charge is 2.17. The molecule has 0 saturated carbocycles. The zero-order chi connectivity index (χ0) is 17.5. The van der Waals surface area contributed by atoms with Crippen LogP contribution in [0.5, 0.6) is 11.5 Å². The van der Waals surface area contributed by atoms with E-state index in [0.717, 1.165) is 17.3 Å². The minimum atomic E-state index is -0.264. The molecule has 24 heavy (non-hydrogen) atoms. The van der Waals surface area contributed by atoms with E-state index in [-0.39, 0.29) is 11.2 Å². The van der Waals surface area contributed by atoms with Gasteiger partial charge >= 0.3 is 0 Å². The number of methoxy groups -OCH3 is 2. The van der Waals surface area contributed by atoms with Crippen molar-refractivity contribution in [2.45, 2.75) is 37.3 Å². The summed E-state index contributed by atoms with van der Waals surface area (Å²) >= 11 is 1.39. The molecule has 0 radical (unpaired) electrons. The van der Waals surface area contributed by atoms with Crippen LogP contribution in [0.3, 0.4) is 0 Å². The van der Waals surface area contributed by atoms with Gasteiger partial charge in [0, 0.05) is 13.1 Å². The van der Waals surface area contributed by atoms with Gasteiger partial charge in [-0.15, -0.1) is 10.2 Å². The molecule has 0 aliphatic rings. The lowest BCUT2D eigenvalue weighted by molar-refractivity contribution is -0.120. The Labute approximate surface area is 145 Å². The van der Waals surface area contributed by atoms with Crippen LogP contribution in [0.25, 0.3) is 0 Å². The zero-order valence-corrected chi connectivity index (χ0v) is 15.1. The van der Waals surface area contributed by atoms with Crippen LogP contribution in [0.2, 0.25) is 0 Å². The maximum atomic E-state index is 12.3. The molecule has 0 aliphatic carbocycles. The van der Waals surface area contributed by atoms with Crippen LogP contribution >= 0.6 is 11.8 Å². The van der Waals surface area contributed by atoms with Crippen molar-refractivity contribution in [1.29, 1.82) is 0 Å². The Hall–Kier alpha value is -2.22. The average molecular weight is 350 g/mol. The van der Waals surface area contributed by atoms with E-state index in [0.29, 0.717) is 18.0 Å². The number of nitrogens with zero attached hydrogens (tertiary/aromatic N) is 3. The molecular formula is C16H22N4O3S. The molecule has 0 spiro atoms. The fraction of sp³-hybridized carbons (Fsp3) is 0.438. The highest BCUT2D eigenvalue weighted by atomic mass is 32.2. The predicted octanol–water partition coefficient (Wildman–Crippen LogP) is 2.11. The van der Waals surface area contributed by atoms with Gasteiger partial charge in [0.05, 0.1) is 19.5 Å². The van der Waals surface area contributed by atoms with Crippen molar-refractivity contribution in [3.63, 3.8) is 0 Å². The molecule has 0 bridgehead atoms. The minimum Gasteiger partial charge on any atom is -0.493 e. The van der Waals surface area contributed by atoms with Gasteiger partial charge in [0.15, 0.2) is 16.7 Å². The van der Waals surface area contributed by atoms with Crippen molar-refractivity contribution >= 4 is 17.7 Å². The lowest BCUT2D eigenvalue weighted by atomic mass is 10.2. The number of aryl methyl sites for hydroxylation is 1. The van der Waals surface area contributed by atoms with Gasteiger partial charge in [-0.3, -0.25) is 4.79 Å². The van der Waals surface area contributed by atoms with Gasteiger partial charge < -0.3 is 19.4 Å². The van der Waals surface area contributed by atoms with E-state index in [1.165, 1.54) is 11.8 Å². The van der Waals surface area contributed by atoms with E-state index in [9.17, 15) is 4.79 Å². The number of hydrogen-bond donors (Lipinski definition) is 1. The maximum absolute atomic E-state index is 12.3. The van der Waals surface area contributed by atoms with E-state index < -0.39 is 0 Å². The van der Waals surface area contributed by atoms with E-state index >= 15 is 0 Å². The second kappa shape index (κ2) is 8.58. The molecule has 7 nitrogen and oxygen atoms in total. The van der Waals surface area contributed by atoms with Gasteiger partial charge in [-0.1, -0.05) is 17.8 Å². The van der Waals surface area contributed by atoms with Gasteiger partial charge in [-0.05, 0) is 31.5 Å². The monoisotopic (exact) mass is 350 g/mol. The number of carbonyl (C=O) groups is 1. The SMILES string of the molecule is CCn1cnnc1S[C@@H](C)C(=O)NCc1ccc(OC)c(OC)c1. The number of aromatic nitrogens is 3. The summed E-state index contributed by atoms with van der Waals surface area (Å²) in [5, 5.41) is 11.3. The van der Waals surface area contributed by atoms with Crippen LogP contribution in [-0.4, -0.2) is 40.1 Å². The Morgan fingerprint density at radius 3 is 2.75 bits per heavy atom. The first-order valence-corrected chi connectivity index (χ1v) is 8.50. The summed E-state index contributed by atoms with van der Waals surface area (Å²) in [7, 11) is 3.18. The molecule has 0 saturated heterocycles. The molecule has 0 aliphatic heterocycles. The molecule has 0 fully saturated rings. The summed E-state index contributed by atoms with van der Waals surface area (Å²) in [5.41, 5.74) is 0.940.